The number of benzene rings is 2. The highest BCUT2D eigenvalue weighted by atomic mass is 35.5. The van der Waals surface area contributed by atoms with Crippen LogP contribution in [0, 0.1) is 0 Å². The maximum absolute atomic E-state index is 12.1. The molecule has 0 radical (unpaired) electrons. The molecule has 7 heteroatoms. The summed E-state index contributed by atoms with van der Waals surface area (Å²) >= 11 is 6.01. The highest BCUT2D eigenvalue weighted by molar-refractivity contribution is 6.30. The fourth-order valence-corrected chi connectivity index (χ4v) is 2.88. The number of nitrogens with one attached hydrogen (secondary N) is 2. The number of hydrogen-bond acceptors (Lipinski definition) is 6. The molecule has 28 heavy (non-hydrogen) atoms. The molecule has 1 heterocycles. The van der Waals surface area contributed by atoms with Crippen LogP contribution in [0.3, 0.4) is 0 Å². The minimum Gasteiger partial charge on any atom is -0.462 e. The number of carbonyl (C=O) groups excluding carboxylic acids is 1. The second-order valence-electron chi connectivity index (χ2n) is 5.99. The zero-order valence-corrected chi connectivity index (χ0v) is 16.2. The lowest BCUT2D eigenvalue weighted by molar-refractivity contribution is 0.0527. The van der Waals surface area contributed by atoms with Gasteiger partial charge in [-0.3, -0.25) is 0 Å². The molecule has 3 rings (SSSR count). The number of aromatic nitrogens is 2. The van der Waals surface area contributed by atoms with Gasteiger partial charge in [-0.05, 0) is 43.2 Å². The molecule has 144 valence electrons. The summed E-state index contributed by atoms with van der Waals surface area (Å²) in [6.07, 6.45) is 2.29. The molecule has 6 nitrogen and oxygen atoms in total. The second kappa shape index (κ2) is 9.71. The summed E-state index contributed by atoms with van der Waals surface area (Å²) in [6.45, 7) is 2.80. The Labute approximate surface area is 168 Å². The minimum absolute atomic E-state index is 0.321. The Morgan fingerprint density at radius 1 is 1.07 bits per heavy atom. The van der Waals surface area contributed by atoms with Crippen molar-refractivity contribution in [1.29, 1.82) is 0 Å². The monoisotopic (exact) mass is 396 g/mol. The summed E-state index contributed by atoms with van der Waals surface area (Å²) in [7, 11) is 0. The van der Waals surface area contributed by atoms with Crippen LogP contribution in [0.5, 0.6) is 0 Å². The van der Waals surface area contributed by atoms with Gasteiger partial charge in [-0.1, -0.05) is 35.9 Å². The zero-order valence-electron chi connectivity index (χ0n) is 15.5. The van der Waals surface area contributed by atoms with E-state index in [4.69, 9.17) is 16.3 Å². The van der Waals surface area contributed by atoms with Gasteiger partial charge in [0.25, 0.3) is 0 Å². The molecule has 0 aliphatic rings. The van der Waals surface area contributed by atoms with Gasteiger partial charge in [-0.25, -0.2) is 14.8 Å². The number of ether oxygens (including phenoxy) is 1. The van der Waals surface area contributed by atoms with Gasteiger partial charge >= 0.3 is 5.97 Å². The van der Waals surface area contributed by atoms with Gasteiger partial charge in [-0.2, -0.15) is 0 Å². The highest BCUT2D eigenvalue weighted by Crippen LogP contribution is 2.21. The zero-order chi connectivity index (χ0) is 19.8. The van der Waals surface area contributed by atoms with Crippen molar-refractivity contribution in [2.75, 3.05) is 23.8 Å². The number of carbonyl (C=O) groups is 1. The molecule has 0 atom stereocenters. The normalized spacial score (nSPS) is 10.4. The summed E-state index contributed by atoms with van der Waals surface area (Å²) < 4.78 is 5.10. The number of anilines is 3. The fourth-order valence-electron chi connectivity index (χ4n) is 2.67. The number of nitrogens with zero attached hydrogens (tertiary/aromatic N) is 2. The number of hydrogen-bond donors (Lipinski definition) is 2. The first-order valence-electron chi connectivity index (χ1n) is 8.99. The standard InChI is InChI=1S/C21H21ClN4O2/c1-2-28-21(27)17-8-3-4-9-18(17)26-20-13-19(24-14-25-20)23-11-10-15-6-5-7-16(22)12-15/h3-9,12-14H,2,10-11H2,1H3,(H2,23,24,25,26). The van der Waals surface area contributed by atoms with Crippen LogP contribution in [0.1, 0.15) is 22.8 Å². The molecule has 1 aromatic heterocycles. The first-order valence-corrected chi connectivity index (χ1v) is 9.37. The molecule has 2 N–H and O–H groups in total. The van der Waals surface area contributed by atoms with Crippen molar-refractivity contribution in [1.82, 2.24) is 9.97 Å². The predicted molar refractivity (Wildman–Crippen MR) is 111 cm³/mol. The maximum atomic E-state index is 12.1. The molecule has 0 saturated carbocycles. The van der Waals surface area contributed by atoms with Crippen molar-refractivity contribution in [3.8, 4) is 0 Å². The van der Waals surface area contributed by atoms with Gasteiger partial charge in [0.15, 0.2) is 0 Å². The van der Waals surface area contributed by atoms with Crippen molar-refractivity contribution in [3.63, 3.8) is 0 Å². The van der Waals surface area contributed by atoms with Crippen molar-refractivity contribution in [2.24, 2.45) is 0 Å². The van der Waals surface area contributed by atoms with Crippen LogP contribution < -0.4 is 10.6 Å². The largest absolute Gasteiger partial charge is 0.462 e. The van der Waals surface area contributed by atoms with Crippen molar-refractivity contribution >= 4 is 34.9 Å². The van der Waals surface area contributed by atoms with Gasteiger partial charge in [0.1, 0.15) is 18.0 Å². The van der Waals surface area contributed by atoms with Crippen LogP contribution in [0.25, 0.3) is 0 Å². The second-order valence-corrected chi connectivity index (χ2v) is 6.42. The van der Waals surface area contributed by atoms with E-state index in [1.54, 1.807) is 31.2 Å². The van der Waals surface area contributed by atoms with Gasteiger partial charge in [0.2, 0.25) is 0 Å². The fraction of sp³-hybridized carbons (Fsp3) is 0.190. The van der Waals surface area contributed by atoms with Crippen molar-refractivity contribution in [3.05, 3.63) is 77.1 Å². The van der Waals surface area contributed by atoms with Crippen molar-refractivity contribution in [2.45, 2.75) is 13.3 Å². The van der Waals surface area contributed by atoms with E-state index in [1.807, 2.05) is 30.3 Å². The molecule has 0 saturated heterocycles. The Morgan fingerprint density at radius 3 is 2.71 bits per heavy atom. The lowest BCUT2D eigenvalue weighted by Crippen LogP contribution is -2.09. The average Bonchev–Trinajstić information content (AvgIpc) is 2.69. The molecular formula is C21H21ClN4O2. The van der Waals surface area contributed by atoms with Gasteiger partial charge < -0.3 is 15.4 Å². The van der Waals surface area contributed by atoms with E-state index in [1.165, 1.54) is 6.33 Å². The molecule has 0 fully saturated rings. The third-order valence-electron chi connectivity index (χ3n) is 3.96. The Balaban J connectivity index is 1.65. The van der Waals surface area contributed by atoms with Crippen LogP contribution >= 0.6 is 11.6 Å². The van der Waals surface area contributed by atoms with Gasteiger partial charge in [0, 0.05) is 17.6 Å². The topological polar surface area (TPSA) is 76.1 Å². The smallest absolute Gasteiger partial charge is 0.340 e. The SMILES string of the molecule is CCOC(=O)c1ccccc1Nc1cc(NCCc2cccc(Cl)c2)ncn1. The molecule has 0 amide bonds. The number of rotatable bonds is 8. The predicted octanol–water partition coefficient (Wildman–Crippen LogP) is 4.70. The third-order valence-corrected chi connectivity index (χ3v) is 4.20. The van der Waals surface area contributed by atoms with Gasteiger partial charge in [-0.15, -0.1) is 0 Å². The first kappa shape index (κ1) is 19.6. The van der Waals surface area contributed by atoms with E-state index in [2.05, 4.69) is 20.6 Å². The van der Waals surface area contributed by atoms with Crippen LogP contribution in [-0.4, -0.2) is 29.1 Å². The van der Waals surface area contributed by atoms with Crippen LogP contribution in [0.4, 0.5) is 17.3 Å². The lowest BCUT2D eigenvalue weighted by atomic mass is 10.1. The summed E-state index contributed by atoms with van der Waals surface area (Å²) in [5.41, 5.74) is 2.23. The molecule has 3 aromatic rings. The Hall–Kier alpha value is -3.12. The van der Waals surface area contributed by atoms with E-state index in [-0.39, 0.29) is 5.97 Å². The van der Waals surface area contributed by atoms with E-state index in [9.17, 15) is 4.79 Å². The molecule has 0 spiro atoms. The highest BCUT2D eigenvalue weighted by Gasteiger charge is 2.12. The van der Waals surface area contributed by atoms with Gasteiger partial charge in [0.05, 0.1) is 17.9 Å². The molecule has 0 bridgehead atoms. The number of esters is 1. The van der Waals surface area contributed by atoms with E-state index in [0.29, 0.717) is 36.0 Å². The van der Waals surface area contributed by atoms with E-state index in [0.717, 1.165) is 17.0 Å². The summed E-state index contributed by atoms with van der Waals surface area (Å²) in [5, 5.41) is 7.16. The average molecular weight is 397 g/mol. The van der Waals surface area contributed by atoms with Crippen molar-refractivity contribution < 1.29 is 9.53 Å². The maximum Gasteiger partial charge on any atom is 0.340 e. The Bertz CT molecular complexity index is 949. The first-order chi connectivity index (χ1) is 13.7. The summed E-state index contributed by atoms with van der Waals surface area (Å²) in [5.74, 6) is 0.893. The van der Waals surface area contributed by atoms with E-state index >= 15 is 0 Å². The molecule has 0 aliphatic carbocycles. The molecule has 2 aromatic carbocycles. The van der Waals surface area contributed by atoms with Crippen LogP contribution in [0.2, 0.25) is 5.02 Å². The Kier molecular flexibility index (Phi) is 6.81. The lowest BCUT2D eigenvalue weighted by Gasteiger charge is -2.12. The Morgan fingerprint density at radius 2 is 1.89 bits per heavy atom. The molecule has 0 unspecified atom stereocenters. The van der Waals surface area contributed by atoms with Crippen LogP contribution in [0.15, 0.2) is 60.9 Å². The summed E-state index contributed by atoms with van der Waals surface area (Å²) in [6, 6.07) is 16.7. The van der Waals surface area contributed by atoms with Crippen LogP contribution in [-0.2, 0) is 11.2 Å². The quantitative estimate of drug-likeness (QED) is 0.537. The number of halogens is 1. The third kappa shape index (κ3) is 5.44. The minimum atomic E-state index is -0.375. The molecule has 0 aliphatic heterocycles. The van der Waals surface area contributed by atoms with E-state index < -0.39 is 0 Å². The summed E-state index contributed by atoms with van der Waals surface area (Å²) in [4.78, 5) is 20.6. The molecular weight excluding hydrogens is 376 g/mol. The number of para-hydroxylation sites is 1.